The van der Waals surface area contributed by atoms with Gasteiger partial charge in [-0.25, -0.2) is 4.79 Å². The van der Waals surface area contributed by atoms with Crippen LogP contribution in [0.25, 0.3) is 21.7 Å². The fourth-order valence-electron chi connectivity index (χ4n) is 3.26. The first-order valence-electron chi connectivity index (χ1n) is 7.92. The number of anilines is 2. The van der Waals surface area contributed by atoms with Crippen molar-refractivity contribution in [2.75, 3.05) is 5.32 Å². The molecule has 118 valence electrons. The zero-order valence-corrected chi connectivity index (χ0v) is 13.6. The van der Waals surface area contributed by atoms with Gasteiger partial charge in [-0.1, -0.05) is 42.5 Å². The molecule has 4 aromatic rings. The lowest BCUT2D eigenvalue weighted by molar-refractivity contribution is 0.561. The first-order valence-corrected chi connectivity index (χ1v) is 7.92. The monoisotopic (exact) mass is 315 g/mol. The summed E-state index contributed by atoms with van der Waals surface area (Å²) >= 11 is 0. The van der Waals surface area contributed by atoms with E-state index < -0.39 is 0 Å². The van der Waals surface area contributed by atoms with Crippen LogP contribution in [0.1, 0.15) is 11.1 Å². The maximum absolute atomic E-state index is 12.0. The lowest BCUT2D eigenvalue weighted by Crippen LogP contribution is -2.02. The Kier molecular flexibility index (Phi) is 3.35. The van der Waals surface area contributed by atoms with Crippen molar-refractivity contribution >= 4 is 33.1 Å². The highest BCUT2D eigenvalue weighted by atomic mass is 16.4. The molecule has 0 unspecified atom stereocenters. The van der Waals surface area contributed by atoms with E-state index in [2.05, 4.69) is 29.6 Å². The highest BCUT2D eigenvalue weighted by Gasteiger charge is 2.10. The van der Waals surface area contributed by atoms with Crippen LogP contribution >= 0.6 is 0 Å². The molecule has 1 N–H and O–H groups in total. The second-order valence-electron chi connectivity index (χ2n) is 6.09. The summed E-state index contributed by atoms with van der Waals surface area (Å²) in [6, 6.07) is 19.8. The first-order chi connectivity index (χ1) is 11.6. The standard InChI is InChI=1S/C21H17NO2/c1-13-10-14(2)21-18(12-20(23)24-19(21)11-13)22-17-9-5-7-15-6-3-4-8-16(15)17/h3-12,22H,1-2H3. The lowest BCUT2D eigenvalue weighted by atomic mass is 10.0. The molecule has 0 aliphatic carbocycles. The normalized spacial score (nSPS) is 11.1. The Bertz CT molecular complexity index is 1120. The maximum atomic E-state index is 12.0. The Morgan fingerprint density at radius 3 is 2.54 bits per heavy atom. The molecule has 3 nitrogen and oxygen atoms in total. The van der Waals surface area contributed by atoms with Crippen LogP contribution in [-0.4, -0.2) is 0 Å². The van der Waals surface area contributed by atoms with Crippen LogP contribution in [0.3, 0.4) is 0 Å². The van der Waals surface area contributed by atoms with E-state index in [1.54, 1.807) is 0 Å². The van der Waals surface area contributed by atoms with Gasteiger partial charge in [-0.3, -0.25) is 0 Å². The molecule has 0 aliphatic heterocycles. The van der Waals surface area contributed by atoms with E-state index in [-0.39, 0.29) is 5.63 Å². The van der Waals surface area contributed by atoms with Crippen LogP contribution in [-0.2, 0) is 0 Å². The SMILES string of the molecule is Cc1cc(C)c2c(Nc3cccc4ccccc34)cc(=O)oc2c1. The van der Waals surface area contributed by atoms with E-state index in [0.717, 1.165) is 38.7 Å². The smallest absolute Gasteiger partial charge is 0.338 e. The molecule has 0 saturated heterocycles. The first kappa shape index (κ1) is 14.5. The second-order valence-corrected chi connectivity index (χ2v) is 6.09. The van der Waals surface area contributed by atoms with Crippen LogP contribution < -0.4 is 10.9 Å². The van der Waals surface area contributed by atoms with Crippen molar-refractivity contribution in [1.29, 1.82) is 0 Å². The molecule has 1 aromatic heterocycles. The topological polar surface area (TPSA) is 42.2 Å². The van der Waals surface area contributed by atoms with E-state index in [4.69, 9.17) is 4.42 Å². The maximum Gasteiger partial charge on any atom is 0.338 e. The molecule has 0 aliphatic rings. The highest BCUT2D eigenvalue weighted by molar-refractivity contribution is 6.00. The van der Waals surface area contributed by atoms with Gasteiger partial charge in [-0.05, 0) is 42.5 Å². The number of nitrogens with one attached hydrogen (secondary N) is 1. The van der Waals surface area contributed by atoms with E-state index >= 15 is 0 Å². The summed E-state index contributed by atoms with van der Waals surface area (Å²) in [7, 11) is 0. The minimum absolute atomic E-state index is 0.352. The molecule has 0 amide bonds. The Morgan fingerprint density at radius 1 is 0.875 bits per heavy atom. The van der Waals surface area contributed by atoms with Gasteiger partial charge in [0.2, 0.25) is 0 Å². The third kappa shape index (κ3) is 2.44. The average molecular weight is 315 g/mol. The average Bonchev–Trinajstić information content (AvgIpc) is 2.54. The molecule has 0 atom stereocenters. The highest BCUT2D eigenvalue weighted by Crippen LogP contribution is 2.31. The van der Waals surface area contributed by atoms with Gasteiger partial charge in [0.1, 0.15) is 5.58 Å². The molecule has 0 bridgehead atoms. The quantitative estimate of drug-likeness (QED) is 0.510. The molecule has 4 rings (SSSR count). The van der Waals surface area contributed by atoms with Gasteiger partial charge in [0.15, 0.2) is 0 Å². The summed E-state index contributed by atoms with van der Waals surface area (Å²) in [4.78, 5) is 12.0. The molecule has 0 radical (unpaired) electrons. The van der Waals surface area contributed by atoms with Crippen molar-refractivity contribution in [2.24, 2.45) is 0 Å². The lowest BCUT2D eigenvalue weighted by Gasteiger charge is -2.13. The van der Waals surface area contributed by atoms with E-state index in [0.29, 0.717) is 5.58 Å². The van der Waals surface area contributed by atoms with Gasteiger partial charge in [0, 0.05) is 22.5 Å². The van der Waals surface area contributed by atoms with Gasteiger partial charge in [-0.15, -0.1) is 0 Å². The summed E-state index contributed by atoms with van der Waals surface area (Å²) in [5, 5.41) is 6.64. The fraction of sp³-hybridized carbons (Fsp3) is 0.0952. The van der Waals surface area contributed by atoms with Crippen molar-refractivity contribution in [3.63, 3.8) is 0 Å². The van der Waals surface area contributed by atoms with Gasteiger partial charge >= 0.3 is 5.63 Å². The number of hydrogen-bond donors (Lipinski definition) is 1. The van der Waals surface area contributed by atoms with Gasteiger partial charge in [-0.2, -0.15) is 0 Å². The van der Waals surface area contributed by atoms with Crippen molar-refractivity contribution in [2.45, 2.75) is 13.8 Å². The Hall–Kier alpha value is -3.07. The molecule has 1 heterocycles. The number of rotatable bonds is 2. The third-order valence-electron chi connectivity index (χ3n) is 4.24. The van der Waals surface area contributed by atoms with Crippen molar-refractivity contribution < 1.29 is 4.42 Å². The summed E-state index contributed by atoms with van der Waals surface area (Å²) in [5.74, 6) is 0. The zero-order chi connectivity index (χ0) is 16.7. The van der Waals surface area contributed by atoms with E-state index in [1.165, 1.54) is 6.07 Å². The summed E-state index contributed by atoms with van der Waals surface area (Å²) in [5.41, 5.74) is 4.16. The van der Waals surface area contributed by atoms with Crippen molar-refractivity contribution in [1.82, 2.24) is 0 Å². The number of aryl methyl sites for hydroxylation is 2. The summed E-state index contributed by atoms with van der Waals surface area (Å²) < 4.78 is 5.39. The van der Waals surface area contributed by atoms with Gasteiger partial charge in [0.05, 0.1) is 5.69 Å². The van der Waals surface area contributed by atoms with Crippen molar-refractivity contribution in [3.8, 4) is 0 Å². The molecule has 3 heteroatoms. The third-order valence-corrected chi connectivity index (χ3v) is 4.24. The largest absolute Gasteiger partial charge is 0.423 e. The minimum atomic E-state index is -0.352. The van der Waals surface area contributed by atoms with E-state index in [1.807, 2.05) is 44.2 Å². The Morgan fingerprint density at radius 2 is 1.67 bits per heavy atom. The number of fused-ring (bicyclic) bond motifs is 2. The number of hydrogen-bond acceptors (Lipinski definition) is 3. The number of benzene rings is 3. The zero-order valence-electron chi connectivity index (χ0n) is 13.6. The Balaban J connectivity index is 1.95. The van der Waals surface area contributed by atoms with Crippen LogP contribution in [0.5, 0.6) is 0 Å². The minimum Gasteiger partial charge on any atom is -0.423 e. The molecule has 3 aromatic carbocycles. The predicted octanol–water partition coefficient (Wildman–Crippen LogP) is 5.31. The van der Waals surface area contributed by atoms with Crippen LogP contribution in [0, 0.1) is 13.8 Å². The fourth-order valence-corrected chi connectivity index (χ4v) is 3.26. The van der Waals surface area contributed by atoms with E-state index in [9.17, 15) is 4.79 Å². The van der Waals surface area contributed by atoms with Crippen LogP contribution in [0.15, 0.2) is 69.9 Å². The molecule has 0 saturated carbocycles. The van der Waals surface area contributed by atoms with Gasteiger partial charge in [0.25, 0.3) is 0 Å². The van der Waals surface area contributed by atoms with Gasteiger partial charge < -0.3 is 9.73 Å². The molecular formula is C21H17NO2. The summed E-state index contributed by atoms with van der Waals surface area (Å²) in [6.45, 7) is 4.03. The van der Waals surface area contributed by atoms with Crippen LogP contribution in [0.4, 0.5) is 11.4 Å². The predicted molar refractivity (Wildman–Crippen MR) is 99.2 cm³/mol. The van der Waals surface area contributed by atoms with Crippen LogP contribution in [0.2, 0.25) is 0 Å². The van der Waals surface area contributed by atoms with Crippen molar-refractivity contribution in [3.05, 3.63) is 82.2 Å². The molecule has 0 fully saturated rings. The Labute approximate surface area is 139 Å². The second kappa shape index (κ2) is 5.53. The molecule has 0 spiro atoms. The summed E-state index contributed by atoms with van der Waals surface area (Å²) in [6.07, 6.45) is 0. The molecular weight excluding hydrogens is 298 g/mol. The molecule has 24 heavy (non-hydrogen) atoms.